The van der Waals surface area contributed by atoms with Crippen LogP contribution >= 0.6 is 24.8 Å². The van der Waals surface area contributed by atoms with E-state index in [0.29, 0.717) is 12.1 Å². The Morgan fingerprint density at radius 1 is 1.16 bits per heavy atom. The number of rotatable bonds is 4. The van der Waals surface area contributed by atoms with Crippen LogP contribution in [0.3, 0.4) is 0 Å². The van der Waals surface area contributed by atoms with Gasteiger partial charge in [0.05, 0.1) is 0 Å². The first-order valence-corrected chi connectivity index (χ1v) is 8.47. The minimum atomic E-state index is 0. The number of hydrogen-bond donors (Lipinski definition) is 3. The molecule has 0 spiro atoms. The molecular weight excluding hydrogens is 363 g/mol. The zero-order chi connectivity index (χ0) is 15.6. The summed E-state index contributed by atoms with van der Waals surface area (Å²) in [4.78, 5) is 16.5. The van der Waals surface area contributed by atoms with Gasteiger partial charge in [0, 0.05) is 17.6 Å². The van der Waals surface area contributed by atoms with Gasteiger partial charge in [-0.15, -0.1) is 24.8 Å². The summed E-state index contributed by atoms with van der Waals surface area (Å²) in [5, 5.41) is 9.68. The third-order valence-electron chi connectivity index (χ3n) is 4.80. The van der Waals surface area contributed by atoms with Gasteiger partial charge in [-0.3, -0.25) is 4.79 Å². The number of anilines is 2. The molecule has 1 saturated heterocycles. The average Bonchev–Trinajstić information content (AvgIpc) is 2.88. The molecule has 1 amide bonds. The number of carbonyl (C=O) groups excluding carboxylic acids is 1. The molecule has 1 aliphatic carbocycles. The molecule has 1 aromatic heterocycles. The number of nitrogens with one attached hydrogen (secondary N) is 3. The van der Waals surface area contributed by atoms with Crippen LogP contribution in [0.15, 0.2) is 22.6 Å². The lowest BCUT2D eigenvalue weighted by Crippen LogP contribution is -2.35. The van der Waals surface area contributed by atoms with Gasteiger partial charge in [-0.1, -0.05) is 6.42 Å². The van der Waals surface area contributed by atoms with Crippen molar-refractivity contribution in [1.82, 2.24) is 10.3 Å². The number of fused-ring (bicyclic) bond motifs is 1. The van der Waals surface area contributed by atoms with Crippen LogP contribution in [0.2, 0.25) is 0 Å². The molecule has 8 heteroatoms. The summed E-state index contributed by atoms with van der Waals surface area (Å²) in [6.07, 6.45) is 5.31. The molecule has 1 saturated carbocycles. The molecule has 0 radical (unpaired) electrons. The lowest BCUT2D eigenvalue weighted by molar-refractivity contribution is -0.122. The summed E-state index contributed by atoms with van der Waals surface area (Å²) in [7, 11) is 0. The monoisotopic (exact) mass is 386 g/mol. The van der Waals surface area contributed by atoms with Crippen LogP contribution in [0.5, 0.6) is 0 Å². The number of oxazole rings is 1. The van der Waals surface area contributed by atoms with Crippen molar-refractivity contribution in [1.29, 1.82) is 0 Å². The summed E-state index contributed by atoms with van der Waals surface area (Å²) in [6.45, 7) is 2.05. The maximum Gasteiger partial charge on any atom is 0.295 e. The summed E-state index contributed by atoms with van der Waals surface area (Å²) in [6, 6.07) is 6.59. The molecule has 0 atom stereocenters. The smallest absolute Gasteiger partial charge is 0.295 e. The normalized spacial score (nSPS) is 17.9. The number of carbonyl (C=O) groups is 1. The van der Waals surface area contributed by atoms with E-state index in [1.165, 1.54) is 0 Å². The molecule has 0 unspecified atom stereocenters. The van der Waals surface area contributed by atoms with Crippen LogP contribution in [0.1, 0.15) is 32.1 Å². The molecule has 6 nitrogen and oxygen atoms in total. The maximum atomic E-state index is 12.0. The molecule has 0 bridgehead atoms. The second kappa shape index (κ2) is 8.74. The molecule has 25 heavy (non-hydrogen) atoms. The van der Waals surface area contributed by atoms with Gasteiger partial charge in [0.15, 0.2) is 5.58 Å². The van der Waals surface area contributed by atoms with E-state index in [1.54, 1.807) is 0 Å². The second-order valence-electron chi connectivity index (χ2n) is 6.49. The lowest BCUT2D eigenvalue weighted by atomic mass is 9.85. The van der Waals surface area contributed by atoms with E-state index in [9.17, 15) is 4.79 Å². The Bertz CT molecular complexity index is 712. The topological polar surface area (TPSA) is 79.2 Å². The van der Waals surface area contributed by atoms with Gasteiger partial charge in [0.1, 0.15) is 5.52 Å². The number of nitrogens with zero attached hydrogens (tertiary/aromatic N) is 1. The molecule has 1 aromatic carbocycles. The first kappa shape index (κ1) is 19.8. The molecule has 2 aromatic rings. The fraction of sp³-hybridized carbons (Fsp3) is 0.529. The average molecular weight is 387 g/mol. The Balaban J connectivity index is 0.00000113. The highest BCUT2D eigenvalue weighted by Crippen LogP contribution is 2.28. The molecular formula is C17H24Cl2N4O2. The third-order valence-corrected chi connectivity index (χ3v) is 4.80. The van der Waals surface area contributed by atoms with Crippen molar-refractivity contribution in [2.75, 3.05) is 23.7 Å². The Kier molecular flexibility index (Phi) is 6.93. The summed E-state index contributed by atoms with van der Waals surface area (Å²) >= 11 is 0. The minimum absolute atomic E-state index is 0. The van der Waals surface area contributed by atoms with Gasteiger partial charge < -0.3 is 20.4 Å². The Hall–Kier alpha value is -1.50. The van der Waals surface area contributed by atoms with Crippen LogP contribution < -0.4 is 16.0 Å². The zero-order valence-corrected chi connectivity index (χ0v) is 15.5. The van der Waals surface area contributed by atoms with Gasteiger partial charge in [0.25, 0.3) is 6.01 Å². The van der Waals surface area contributed by atoms with Crippen LogP contribution in [0.4, 0.5) is 11.7 Å². The number of benzene rings is 1. The van der Waals surface area contributed by atoms with E-state index in [4.69, 9.17) is 4.42 Å². The zero-order valence-electron chi connectivity index (χ0n) is 13.9. The van der Waals surface area contributed by atoms with E-state index in [1.807, 2.05) is 18.2 Å². The van der Waals surface area contributed by atoms with E-state index in [-0.39, 0.29) is 36.6 Å². The van der Waals surface area contributed by atoms with Crippen molar-refractivity contribution < 1.29 is 9.21 Å². The summed E-state index contributed by atoms with van der Waals surface area (Å²) in [5.74, 6) is 0.298. The van der Waals surface area contributed by atoms with Gasteiger partial charge in [-0.25, -0.2) is 0 Å². The van der Waals surface area contributed by atoms with E-state index < -0.39 is 0 Å². The van der Waals surface area contributed by atoms with Crippen LogP contribution in [-0.4, -0.2) is 30.0 Å². The van der Waals surface area contributed by atoms with Crippen molar-refractivity contribution in [2.24, 2.45) is 5.92 Å². The number of halogens is 2. The summed E-state index contributed by atoms with van der Waals surface area (Å²) < 4.78 is 5.76. The van der Waals surface area contributed by atoms with E-state index >= 15 is 0 Å². The third kappa shape index (κ3) is 4.57. The standard InChI is InChI=1S/C17H22N4O2.2ClH/c22-16(11-2-1-3-11)19-13-4-5-15-14(10-13)21-17(23-15)20-12-6-8-18-9-7-12;;/h4-5,10-12,18H,1-3,6-9H2,(H,19,22)(H,20,21);2*1H. The quantitative estimate of drug-likeness (QED) is 0.748. The lowest BCUT2D eigenvalue weighted by Gasteiger charge is -2.23. The van der Waals surface area contributed by atoms with Gasteiger partial charge in [-0.05, 0) is 57.0 Å². The van der Waals surface area contributed by atoms with E-state index in [2.05, 4.69) is 20.9 Å². The Morgan fingerprint density at radius 3 is 2.60 bits per heavy atom. The van der Waals surface area contributed by atoms with Crippen LogP contribution in [0, 0.1) is 5.92 Å². The molecule has 2 heterocycles. The highest BCUT2D eigenvalue weighted by molar-refractivity contribution is 5.94. The number of hydrogen-bond acceptors (Lipinski definition) is 5. The fourth-order valence-electron chi connectivity index (χ4n) is 3.12. The highest BCUT2D eigenvalue weighted by atomic mass is 35.5. The molecule has 4 rings (SSSR count). The van der Waals surface area contributed by atoms with Crippen LogP contribution in [0.25, 0.3) is 11.1 Å². The van der Waals surface area contributed by atoms with Crippen molar-refractivity contribution in [3.05, 3.63) is 18.2 Å². The van der Waals surface area contributed by atoms with Gasteiger partial charge in [-0.2, -0.15) is 4.98 Å². The number of amides is 1. The summed E-state index contributed by atoms with van der Waals surface area (Å²) in [5.41, 5.74) is 2.30. The van der Waals surface area contributed by atoms with Gasteiger partial charge in [0.2, 0.25) is 5.91 Å². The Morgan fingerprint density at radius 2 is 1.92 bits per heavy atom. The molecule has 138 valence electrons. The molecule has 2 aliphatic rings. The SMILES string of the molecule is Cl.Cl.O=C(Nc1ccc2oc(NC3CCNCC3)nc2c1)C1CCC1. The highest BCUT2D eigenvalue weighted by Gasteiger charge is 2.25. The Labute approximate surface area is 159 Å². The number of piperidine rings is 1. The predicted octanol–water partition coefficient (Wildman–Crippen LogP) is 3.57. The van der Waals surface area contributed by atoms with Crippen molar-refractivity contribution in [2.45, 2.75) is 38.1 Å². The first-order chi connectivity index (χ1) is 11.3. The van der Waals surface area contributed by atoms with Crippen molar-refractivity contribution in [3.63, 3.8) is 0 Å². The molecule has 1 aliphatic heterocycles. The largest absolute Gasteiger partial charge is 0.424 e. The molecule has 2 fully saturated rings. The predicted molar refractivity (Wildman–Crippen MR) is 104 cm³/mol. The first-order valence-electron chi connectivity index (χ1n) is 8.47. The second-order valence-corrected chi connectivity index (χ2v) is 6.49. The van der Waals surface area contributed by atoms with Crippen LogP contribution in [-0.2, 0) is 4.79 Å². The minimum Gasteiger partial charge on any atom is -0.424 e. The molecule has 3 N–H and O–H groups in total. The van der Waals surface area contributed by atoms with Crippen molar-refractivity contribution in [3.8, 4) is 0 Å². The van der Waals surface area contributed by atoms with Crippen molar-refractivity contribution >= 4 is 53.5 Å². The number of aromatic nitrogens is 1. The maximum absolute atomic E-state index is 12.0. The van der Waals surface area contributed by atoms with Gasteiger partial charge >= 0.3 is 0 Å². The van der Waals surface area contributed by atoms with E-state index in [0.717, 1.165) is 62.0 Å². The fourth-order valence-corrected chi connectivity index (χ4v) is 3.12.